The SMILES string of the molecule is N#Cc1cccc(CN2CCCCCC2=O)c1. The van der Waals surface area contributed by atoms with Crippen LogP contribution in [-0.2, 0) is 11.3 Å². The first kappa shape index (κ1) is 11.7. The summed E-state index contributed by atoms with van der Waals surface area (Å²) in [6.07, 6.45) is 3.90. The lowest BCUT2D eigenvalue weighted by molar-refractivity contribution is -0.131. The predicted molar refractivity (Wildman–Crippen MR) is 65.0 cm³/mol. The van der Waals surface area contributed by atoms with E-state index in [0.29, 0.717) is 18.5 Å². The summed E-state index contributed by atoms with van der Waals surface area (Å²) in [5.41, 5.74) is 1.70. The zero-order chi connectivity index (χ0) is 12.1. The molecule has 3 heteroatoms. The Morgan fingerprint density at radius 1 is 1.29 bits per heavy atom. The molecular weight excluding hydrogens is 212 g/mol. The molecule has 1 aliphatic rings. The standard InChI is InChI=1S/C14H16N2O/c15-10-12-5-4-6-13(9-12)11-16-8-3-1-2-7-14(16)17/h4-6,9H,1-3,7-8,11H2. The number of nitriles is 1. The molecule has 1 heterocycles. The summed E-state index contributed by atoms with van der Waals surface area (Å²) in [7, 11) is 0. The van der Waals surface area contributed by atoms with Crippen molar-refractivity contribution in [2.45, 2.75) is 32.2 Å². The molecule has 0 radical (unpaired) electrons. The van der Waals surface area contributed by atoms with Crippen molar-refractivity contribution < 1.29 is 4.79 Å². The van der Waals surface area contributed by atoms with Crippen LogP contribution in [0.2, 0.25) is 0 Å². The van der Waals surface area contributed by atoms with Crippen molar-refractivity contribution in [2.24, 2.45) is 0 Å². The lowest BCUT2D eigenvalue weighted by Crippen LogP contribution is -2.29. The van der Waals surface area contributed by atoms with E-state index in [0.717, 1.165) is 31.4 Å². The molecule has 1 aliphatic heterocycles. The summed E-state index contributed by atoms with van der Waals surface area (Å²) in [6, 6.07) is 9.61. The van der Waals surface area contributed by atoms with E-state index in [1.54, 1.807) is 6.07 Å². The summed E-state index contributed by atoms with van der Waals surface area (Å²) in [6.45, 7) is 1.48. The fourth-order valence-corrected chi connectivity index (χ4v) is 2.17. The molecule has 0 atom stereocenters. The Morgan fingerprint density at radius 2 is 2.18 bits per heavy atom. The number of benzene rings is 1. The Morgan fingerprint density at radius 3 is 3.00 bits per heavy atom. The summed E-state index contributed by atoms with van der Waals surface area (Å²) in [5, 5.41) is 8.83. The van der Waals surface area contributed by atoms with Gasteiger partial charge in [-0.05, 0) is 30.5 Å². The Hall–Kier alpha value is -1.82. The van der Waals surface area contributed by atoms with Gasteiger partial charge in [-0.2, -0.15) is 5.26 Å². The quantitative estimate of drug-likeness (QED) is 0.780. The molecular formula is C14H16N2O. The van der Waals surface area contributed by atoms with Crippen LogP contribution >= 0.6 is 0 Å². The van der Waals surface area contributed by atoms with Crippen molar-refractivity contribution in [1.82, 2.24) is 4.90 Å². The first-order valence-corrected chi connectivity index (χ1v) is 6.06. The van der Waals surface area contributed by atoms with Crippen LogP contribution in [0.1, 0.15) is 36.8 Å². The summed E-state index contributed by atoms with van der Waals surface area (Å²) in [4.78, 5) is 13.7. The lowest BCUT2D eigenvalue weighted by Gasteiger charge is -2.20. The molecule has 3 nitrogen and oxygen atoms in total. The third-order valence-electron chi connectivity index (χ3n) is 3.10. The van der Waals surface area contributed by atoms with Crippen molar-refractivity contribution in [3.63, 3.8) is 0 Å². The minimum atomic E-state index is 0.241. The second kappa shape index (κ2) is 5.49. The smallest absolute Gasteiger partial charge is 0.222 e. The molecule has 88 valence electrons. The van der Waals surface area contributed by atoms with Crippen molar-refractivity contribution in [3.05, 3.63) is 35.4 Å². The molecule has 1 amide bonds. The highest BCUT2D eigenvalue weighted by molar-refractivity contribution is 5.76. The second-order valence-corrected chi connectivity index (χ2v) is 4.44. The first-order valence-electron chi connectivity index (χ1n) is 6.06. The zero-order valence-electron chi connectivity index (χ0n) is 9.85. The normalized spacial score (nSPS) is 16.4. The number of rotatable bonds is 2. The Labute approximate surface area is 102 Å². The molecule has 0 bridgehead atoms. The van der Waals surface area contributed by atoms with Crippen LogP contribution in [0.15, 0.2) is 24.3 Å². The number of likely N-dealkylation sites (tertiary alicyclic amines) is 1. The van der Waals surface area contributed by atoms with Gasteiger partial charge in [0, 0.05) is 19.5 Å². The van der Waals surface area contributed by atoms with Crippen molar-refractivity contribution >= 4 is 5.91 Å². The van der Waals surface area contributed by atoms with E-state index in [-0.39, 0.29) is 5.91 Å². The van der Waals surface area contributed by atoms with Gasteiger partial charge in [0.05, 0.1) is 11.6 Å². The molecule has 1 aromatic rings. The first-order chi connectivity index (χ1) is 8.29. The van der Waals surface area contributed by atoms with Gasteiger partial charge in [-0.25, -0.2) is 0 Å². The maximum Gasteiger partial charge on any atom is 0.222 e. The maximum atomic E-state index is 11.8. The van der Waals surface area contributed by atoms with E-state index in [1.165, 1.54) is 0 Å². The van der Waals surface area contributed by atoms with Crippen LogP contribution < -0.4 is 0 Å². The minimum Gasteiger partial charge on any atom is -0.338 e. The molecule has 17 heavy (non-hydrogen) atoms. The molecule has 0 saturated carbocycles. The monoisotopic (exact) mass is 228 g/mol. The number of carbonyl (C=O) groups excluding carboxylic acids is 1. The molecule has 0 aliphatic carbocycles. The van der Waals surface area contributed by atoms with Gasteiger partial charge in [-0.3, -0.25) is 4.79 Å². The maximum absolute atomic E-state index is 11.8. The van der Waals surface area contributed by atoms with Crippen molar-refractivity contribution in [1.29, 1.82) is 5.26 Å². The van der Waals surface area contributed by atoms with Gasteiger partial charge in [0.25, 0.3) is 0 Å². The molecule has 2 rings (SSSR count). The minimum absolute atomic E-state index is 0.241. The van der Waals surface area contributed by atoms with Gasteiger partial charge in [0.15, 0.2) is 0 Å². The molecule has 1 aromatic carbocycles. The van der Waals surface area contributed by atoms with Crippen LogP contribution in [0.5, 0.6) is 0 Å². The lowest BCUT2D eigenvalue weighted by atomic mass is 10.1. The highest BCUT2D eigenvalue weighted by Gasteiger charge is 2.16. The summed E-state index contributed by atoms with van der Waals surface area (Å²) in [5.74, 6) is 0.241. The fourth-order valence-electron chi connectivity index (χ4n) is 2.17. The van der Waals surface area contributed by atoms with E-state index in [1.807, 2.05) is 23.1 Å². The van der Waals surface area contributed by atoms with E-state index in [9.17, 15) is 4.79 Å². The van der Waals surface area contributed by atoms with Crippen molar-refractivity contribution in [2.75, 3.05) is 6.54 Å². The molecule has 0 aromatic heterocycles. The number of hydrogen-bond acceptors (Lipinski definition) is 2. The van der Waals surface area contributed by atoms with Crippen LogP contribution in [0.3, 0.4) is 0 Å². The van der Waals surface area contributed by atoms with Gasteiger partial charge in [0.2, 0.25) is 5.91 Å². The largest absolute Gasteiger partial charge is 0.338 e. The average Bonchev–Trinajstić information content (AvgIpc) is 2.55. The van der Waals surface area contributed by atoms with Gasteiger partial charge < -0.3 is 4.90 Å². The van der Waals surface area contributed by atoms with Crippen LogP contribution in [0.4, 0.5) is 0 Å². The zero-order valence-corrected chi connectivity index (χ0v) is 9.85. The van der Waals surface area contributed by atoms with Gasteiger partial charge in [0.1, 0.15) is 0 Å². The third-order valence-corrected chi connectivity index (χ3v) is 3.10. The van der Waals surface area contributed by atoms with Crippen LogP contribution in [-0.4, -0.2) is 17.4 Å². The summed E-state index contributed by atoms with van der Waals surface area (Å²) < 4.78 is 0. The second-order valence-electron chi connectivity index (χ2n) is 4.44. The van der Waals surface area contributed by atoms with Gasteiger partial charge >= 0.3 is 0 Å². The third kappa shape index (κ3) is 3.07. The van der Waals surface area contributed by atoms with E-state index in [2.05, 4.69) is 6.07 Å². The van der Waals surface area contributed by atoms with Gasteiger partial charge in [-0.15, -0.1) is 0 Å². The molecule has 0 unspecified atom stereocenters. The average molecular weight is 228 g/mol. The van der Waals surface area contributed by atoms with Crippen LogP contribution in [0.25, 0.3) is 0 Å². The Balaban J connectivity index is 2.08. The van der Waals surface area contributed by atoms with Gasteiger partial charge in [-0.1, -0.05) is 18.6 Å². The predicted octanol–water partition coefficient (Wildman–Crippen LogP) is 2.46. The van der Waals surface area contributed by atoms with E-state index >= 15 is 0 Å². The number of nitrogens with zero attached hydrogens (tertiary/aromatic N) is 2. The molecule has 0 N–H and O–H groups in total. The van der Waals surface area contributed by atoms with Crippen LogP contribution in [0, 0.1) is 11.3 Å². The topological polar surface area (TPSA) is 44.1 Å². The van der Waals surface area contributed by atoms with Crippen molar-refractivity contribution in [3.8, 4) is 6.07 Å². The van der Waals surface area contributed by atoms with E-state index < -0.39 is 0 Å². The highest BCUT2D eigenvalue weighted by Crippen LogP contribution is 2.15. The molecule has 1 fully saturated rings. The highest BCUT2D eigenvalue weighted by atomic mass is 16.2. The number of hydrogen-bond donors (Lipinski definition) is 0. The molecule has 0 spiro atoms. The fraction of sp³-hybridized carbons (Fsp3) is 0.429. The molecule has 1 saturated heterocycles. The Bertz CT molecular complexity index is 448. The summed E-state index contributed by atoms with van der Waals surface area (Å²) >= 11 is 0. The number of carbonyl (C=O) groups is 1. The van der Waals surface area contributed by atoms with E-state index in [4.69, 9.17) is 5.26 Å². The number of amides is 1. The Kier molecular flexibility index (Phi) is 3.77.